The van der Waals surface area contributed by atoms with Gasteiger partial charge in [0.05, 0.1) is 11.8 Å². The summed E-state index contributed by atoms with van der Waals surface area (Å²) in [6.07, 6.45) is 2.47. The first-order valence-electron chi connectivity index (χ1n) is 5.64. The molecular formula is C11H18N4O. The van der Waals surface area contributed by atoms with E-state index in [1.54, 1.807) is 6.20 Å². The highest BCUT2D eigenvalue weighted by Gasteiger charge is 2.27. The molecule has 1 saturated heterocycles. The SMILES string of the molecule is Cc1[nH]ncc1C(=O)N1CCC(N)C(C)C1. The number of hydrogen-bond acceptors (Lipinski definition) is 3. The molecule has 0 aromatic carbocycles. The Hall–Kier alpha value is -1.36. The fraction of sp³-hybridized carbons (Fsp3) is 0.636. The molecule has 5 nitrogen and oxygen atoms in total. The second kappa shape index (κ2) is 4.25. The van der Waals surface area contributed by atoms with Crippen molar-refractivity contribution < 1.29 is 4.79 Å². The van der Waals surface area contributed by atoms with E-state index in [2.05, 4.69) is 17.1 Å². The first kappa shape index (κ1) is 11.1. The molecule has 2 unspecified atom stereocenters. The van der Waals surface area contributed by atoms with E-state index in [-0.39, 0.29) is 11.9 Å². The Morgan fingerprint density at radius 1 is 1.69 bits per heavy atom. The number of H-pyrrole nitrogens is 1. The van der Waals surface area contributed by atoms with E-state index in [1.807, 2.05) is 11.8 Å². The van der Waals surface area contributed by atoms with Crippen LogP contribution >= 0.6 is 0 Å². The number of nitrogens with zero attached hydrogens (tertiary/aromatic N) is 2. The lowest BCUT2D eigenvalue weighted by Gasteiger charge is -2.35. The molecule has 2 atom stereocenters. The van der Waals surface area contributed by atoms with Gasteiger partial charge in [0.2, 0.25) is 0 Å². The number of hydrogen-bond donors (Lipinski definition) is 2. The second-order valence-electron chi connectivity index (χ2n) is 4.59. The minimum Gasteiger partial charge on any atom is -0.338 e. The summed E-state index contributed by atoms with van der Waals surface area (Å²) in [4.78, 5) is 14.0. The first-order valence-corrected chi connectivity index (χ1v) is 5.64. The average molecular weight is 222 g/mol. The lowest BCUT2D eigenvalue weighted by Crippen LogP contribution is -2.48. The van der Waals surface area contributed by atoms with Crippen LogP contribution in [0.1, 0.15) is 29.4 Å². The van der Waals surface area contributed by atoms with Gasteiger partial charge in [-0.1, -0.05) is 6.92 Å². The van der Waals surface area contributed by atoms with Gasteiger partial charge in [-0.25, -0.2) is 0 Å². The van der Waals surface area contributed by atoms with E-state index in [0.717, 1.165) is 25.2 Å². The number of likely N-dealkylation sites (tertiary alicyclic amines) is 1. The summed E-state index contributed by atoms with van der Waals surface area (Å²) in [5, 5.41) is 6.66. The van der Waals surface area contributed by atoms with Gasteiger partial charge in [0, 0.05) is 24.8 Å². The van der Waals surface area contributed by atoms with Crippen molar-refractivity contribution in [1.82, 2.24) is 15.1 Å². The predicted molar refractivity (Wildman–Crippen MR) is 61.0 cm³/mol. The summed E-state index contributed by atoms with van der Waals surface area (Å²) >= 11 is 0. The lowest BCUT2D eigenvalue weighted by atomic mass is 9.94. The van der Waals surface area contributed by atoms with Gasteiger partial charge in [0.25, 0.3) is 5.91 Å². The average Bonchev–Trinajstić information content (AvgIpc) is 2.67. The van der Waals surface area contributed by atoms with Crippen molar-refractivity contribution in [2.75, 3.05) is 13.1 Å². The summed E-state index contributed by atoms with van der Waals surface area (Å²) in [6, 6.07) is 0.217. The highest BCUT2D eigenvalue weighted by atomic mass is 16.2. The summed E-state index contributed by atoms with van der Waals surface area (Å²) in [5.74, 6) is 0.426. The number of piperidine rings is 1. The summed E-state index contributed by atoms with van der Waals surface area (Å²) in [6.45, 7) is 5.44. The standard InChI is InChI=1S/C11H18N4O/c1-7-6-15(4-3-10(7)12)11(16)9-5-13-14-8(9)2/h5,7,10H,3-4,6,12H2,1-2H3,(H,13,14). The Balaban J connectivity index is 2.09. The first-order chi connectivity index (χ1) is 7.59. The molecule has 1 aliphatic rings. The van der Waals surface area contributed by atoms with E-state index in [1.165, 1.54) is 0 Å². The molecule has 1 aromatic heterocycles. The normalized spacial score (nSPS) is 25.8. The van der Waals surface area contributed by atoms with E-state index < -0.39 is 0 Å². The molecular weight excluding hydrogens is 204 g/mol. The van der Waals surface area contributed by atoms with Gasteiger partial charge < -0.3 is 10.6 Å². The molecule has 0 aliphatic carbocycles. The molecule has 88 valence electrons. The molecule has 1 amide bonds. The lowest BCUT2D eigenvalue weighted by molar-refractivity contribution is 0.0663. The van der Waals surface area contributed by atoms with E-state index in [0.29, 0.717) is 11.5 Å². The maximum Gasteiger partial charge on any atom is 0.257 e. The third-order valence-electron chi connectivity index (χ3n) is 3.32. The molecule has 2 rings (SSSR count). The number of aromatic nitrogens is 2. The predicted octanol–water partition coefficient (Wildman–Crippen LogP) is 0.527. The van der Waals surface area contributed by atoms with E-state index in [4.69, 9.17) is 5.73 Å². The van der Waals surface area contributed by atoms with Crippen LogP contribution in [-0.4, -0.2) is 40.1 Å². The molecule has 1 fully saturated rings. The number of aromatic amines is 1. The topological polar surface area (TPSA) is 75.0 Å². The highest BCUT2D eigenvalue weighted by molar-refractivity contribution is 5.95. The molecule has 3 N–H and O–H groups in total. The fourth-order valence-corrected chi connectivity index (χ4v) is 2.08. The van der Waals surface area contributed by atoms with Crippen LogP contribution in [0, 0.1) is 12.8 Å². The van der Waals surface area contributed by atoms with Crippen molar-refractivity contribution in [2.24, 2.45) is 11.7 Å². The van der Waals surface area contributed by atoms with Crippen molar-refractivity contribution in [3.8, 4) is 0 Å². The number of carbonyl (C=O) groups excluding carboxylic acids is 1. The van der Waals surface area contributed by atoms with Gasteiger partial charge in [-0.3, -0.25) is 9.89 Å². The van der Waals surface area contributed by atoms with Crippen molar-refractivity contribution in [2.45, 2.75) is 26.3 Å². The Kier molecular flexibility index (Phi) is 2.96. The smallest absolute Gasteiger partial charge is 0.257 e. The van der Waals surface area contributed by atoms with Crippen LogP contribution in [0.25, 0.3) is 0 Å². The van der Waals surface area contributed by atoms with E-state index in [9.17, 15) is 4.79 Å². The monoisotopic (exact) mass is 222 g/mol. The van der Waals surface area contributed by atoms with Gasteiger partial charge in [-0.05, 0) is 19.3 Å². The molecule has 0 saturated carbocycles. The summed E-state index contributed by atoms with van der Waals surface area (Å²) < 4.78 is 0. The van der Waals surface area contributed by atoms with Gasteiger partial charge in [0.1, 0.15) is 0 Å². The Morgan fingerprint density at radius 3 is 3.00 bits per heavy atom. The summed E-state index contributed by atoms with van der Waals surface area (Å²) in [5.41, 5.74) is 7.43. The van der Waals surface area contributed by atoms with Crippen LogP contribution in [0.5, 0.6) is 0 Å². The zero-order chi connectivity index (χ0) is 11.7. The maximum absolute atomic E-state index is 12.2. The van der Waals surface area contributed by atoms with Gasteiger partial charge in [-0.2, -0.15) is 5.10 Å². The Labute approximate surface area is 95.0 Å². The fourth-order valence-electron chi connectivity index (χ4n) is 2.08. The van der Waals surface area contributed by atoms with Crippen molar-refractivity contribution in [3.63, 3.8) is 0 Å². The molecule has 5 heteroatoms. The largest absolute Gasteiger partial charge is 0.338 e. The molecule has 1 aliphatic heterocycles. The van der Waals surface area contributed by atoms with Crippen LogP contribution in [0.4, 0.5) is 0 Å². The van der Waals surface area contributed by atoms with Crippen LogP contribution in [0.15, 0.2) is 6.20 Å². The van der Waals surface area contributed by atoms with Crippen LogP contribution in [-0.2, 0) is 0 Å². The quantitative estimate of drug-likeness (QED) is 0.727. The Bertz CT molecular complexity index is 387. The highest BCUT2D eigenvalue weighted by Crippen LogP contribution is 2.17. The molecule has 0 radical (unpaired) electrons. The third kappa shape index (κ3) is 1.95. The van der Waals surface area contributed by atoms with Crippen LogP contribution in [0.3, 0.4) is 0 Å². The van der Waals surface area contributed by atoms with Crippen molar-refractivity contribution in [1.29, 1.82) is 0 Å². The molecule has 0 bridgehead atoms. The number of carbonyl (C=O) groups is 1. The molecule has 16 heavy (non-hydrogen) atoms. The summed E-state index contributed by atoms with van der Waals surface area (Å²) in [7, 11) is 0. The van der Waals surface area contributed by atoms with Crippen molar-refractivity contribution in [3.05, 3.63) is 17.5 Å². The second-order valence-corrected chi connectivity index (χ2v) is 4.59. The van der Waals surface area contributed by atoms with Gasteiger partial charge in [0.15, 0.2) is 0 Å². The van der Waals surface area contributed by atoms with E-state index >= 15 is 0 Å². The van der Waals surface area contributed by atoms with Gasteiger partial charge >= 0.3 is 0 Å². The number of nitrogens with two attached hydrogens (primary N) is 1. The minimum absolute atomic E-state index is 0.0602. The molecule has 1 aromatic rings. The van der Waals surface area contributed by atoms with Gasteiger partial charge in [-0.15, -0.1) is 0 Å². The number of nitrogens with one attached hydrogen (secondary N) is 1. The van der Waals surface area contributed by atoms with Crippen LogP contribution < -0.4 is 5.73 Å². The zero-order valence-electron chi connectivity index (χ0n) is 9.73. The zero-order valence-corrected chi connectivity index (χ0v) is 9.73. The molecule has 0 spiro atoms. The third-order valence-corrected chi connectivity index (χ3v) is 3.32. The number of amides is 1. The molecule has 2 heterocycles. The van der Waals surface area contributed by atoms with Crippen LogP contribution in [0.2, 0.25) is 0 Å². The number of aryl methyl sites for hydroxylation is 1. The minimum atomic E-state index is 0.0602. The Morgan fingerprint density at radius 2 is 2.44 bits per heavy atom. The number of rotatable bonds is 1. The van der Waals surface area contributed by atoms with Crippen molar-refractivity contribution >= 4 is 5.91 Å². The maximum atomic E-state index is 12.2.